The number of hydrogen-bond acceptors (Lipinski definition) is 0. The van der Waals surface area contributed by atoms with Crippen molar-refractivity contribution in [3.8, 4) is 0 Å². The van der Waals surface area contributed by atoms with Gasteiger partial charge in [0.2, 0.25) is 0 Å². The molecule has 0 heterocycles. The van der Waals surface area contributed by atoms with Crippen LogP contribution in [0.15, 0.2) is 30.3 Å². The fourth-order valence-electron chi connectivity index (χ4n) is 7.70. The summed E-state index contributed by atoms with van der Waals surface area (Å²) in [6, 6.07) is 12.1. The highest BCUT2D eigenvalue weighted by molar-refractivity contribution is 5.17. The van der Waals surface area contributed by atoms with Crippen LogP contribution in [0.1, 0.15) is 237 Å². The summed E-state index contributed by atoms with van der Waals surface area (Å²) in [5, 5.41) is 0. The Morgan fingerprint density at radius 1 is 0.370 bits per heavy atom. The largest absolute Gasteiger partial charge is 0.322 e. The summed E-state index contributed by atoms with van der Waals surface area (Å²) in [6.07, 6.45) is 47.7. The van der Waals surface area contributed by atoms with Crippen LogP contribution in [-0.2, 0) is 0 Å². The summed E-state index contributed by atoms with van der Waals surface area (Å²) in [5.41, 5.74) is 1.56. The van der Waals surface area contributed by atoms with Crippen LogP contribution in [0.5, 0.6) is 0 Å². The van der Waals surface area contributed by atoms with Crippen LogP contribution < -0.4 is 0 Å². The van der Waals surface area contributed by atoms with Crippen molar-refractivity contribution in [3.63, 3.8) is 0 Å². The molecule has 1 rings (SSSR count). The van der Waals surface area contributed by atoms with Crippen molar-refractivity contribution in [1.29, 1.82) is 0 Å². The second-order valence-corrected chi connectivity index (χ2v) is 15.8. The predicted molar refractivity (Wildman–Crippen MR) is 210 cm³/mol. The molecule has 0 aromatic heterocycles. The van der Waals surface area contributed by atoms with E-state index in [4.69, 9.17) is 0 Å². The predicted octanol–water partition coefficient (Wildman–Crippen LogP) is 15.7. The van der Waals surface area contributed by atoms with Gasteiger partial charge in [-0.3, -0.25) is 0 Å². The van der Waals surface area contributed by atoms with E-state index >= 15 is 0 Å². The second kappa shape index (κ2) is 32.7. The lowest BCUT2D eigenvalue weighted by Crippen LogP contribution is -2.44. The van der Waals surface area contributed by atoms with Crippen LogP contribution in [0.4, 0.5) is 0 Å². The molecular weight excluding hydrogens is 555 g/mol. The molecule has 1 unspecified atom stereocenters. The molecule has 0 aliphatic rings. The molecule has 1 heteroatoms. The summed E-state index contributed by atoms with van der Waals surface area (Å²) >= 11 is 0. The van der Waals surface area contributed by atoms with Gasteiger partial charge in [0.15, 0.2) is 0 Å². The normalized spacial score (nSPS) is 12.6. The van der Waals surface area contributed by atoms with Crippen molar-refractivity contribution in [2.24, 2.45) is 0 Å². The molecule has 270 valence electrons. The molecule has 0 bridgehead atoms. The average Bonchev–Trinajstić information content (AvgIpc) is 3.06. The lowest BCUT2D eigenvalue weighted by molar-refractivity contribution is -0.921. The molecule has 0 N–H and O–H groups in total. The van der Waals surface area contributed by atoms with Crippen LogP contribution in [0.2, 0.25) is 0 Å². The Kier molecular flexibility index (Phi) is 30.7. The van der Waals surface area contributed by atoms with Gasteiger partial charge in [0.05, 0.1) is 20.6 Å². The van der Waals surface area contributed by atoms with Gasteiger partial charge in [0.25, 0.3) is 0 Å². The first kappa shape index (κ1) is 43.2. The lowest BCUT2D eigenvalue weighted by Gasteiger charge is -2.39. The van der Waals surface area contributed by atoms with Gasteiger partial charge in [0, 0.05) is 12.0 Å². The molecule has 0 saturated carbocycles. The molecular formula is C45H86N+. The Morgan fingerprint density at radius 3 is 0.978 bits per heavy atom. The Morgan fingerprint density at radius 2 is 0.652 bits per heavy atom. The first-order valence-corrected chi connectivity index (χ1v) is 21.5. The standard InChI is InChI=1S/C45H86N/c1-5-7-9-11-13-15-17-19-21-23-25-27-29-31-33-38-42-45(44-40-36-35-37-41-44)46(3,4)43-39-34-32-30-28-26-24-22-20-18-16-14-12-10-8-6-2/h35-37,40-41,45H,5-34,38-39,42-43H2,1-4H3/q+1. The van der Waals surface area contributed by atoms with Gasteiger partial charge in [-0.15, -0.1) is 0 Å². The van der Waals surface area contributed by atoms with E-state index in [1.54, 1.807) is 5.56 Å². The van der Waals surface area contributed by atoms with Crippen molar-refractivity contribution in [3.05, 3.63) is 35.9 Å². The third kappa shape index (κ3) is 26.2. The Balaban J connectivity index is 2.09. The smallest absolute Gasteiger partial charge is 0.114 e. The van der Waals surface area contributed by atoms with E-state index in [1.807, 2.05) is 0 Å². The highest BCUT2D eigenvalue weighted by Gasteiger charge is 2.28. The number of benzene rings is 1. The van der Waals surface area contributed by atoms with Gasteiger partial charge in [-0.1, -0.05) is 230 Å². The van der Waals surface area contributed by atoms with Crippen molar-refractivity contribution in [2.45, 2.75) is 232 Å². The van der Waals surface area contributed by atoms with E-state index in [9.17, 15) is 0 Å². The van der Waals surface area contributed by atoms with E-state index < -0.39 is 0 Å². The highest BCUT2D eigenvalue weighted by Crippen LogP contribution is 2.31. The summed E-state index contributed by atoms with van der Waals surface area (Å²) < 4.78 is 1.15. The average molecular weight is 641 g/mol. The molecule has 0 saturated heterocycles. The number of hydrogen-bond donors (Lipinski definition) is 0. The molecule has 1 nitrogen and oxygen atoms in total. The van der Waals surface area contributed by atoms with Crippen LogP contribution in [0, 0.1) is 0 Å². The highest BCUT2D eigenvalue weighted by atomic mass is 15.3. The minimum absolute atomic E-state index is 0.643. The second-order valence-electron chi connectivity index (χ2n) is 15.8. The molecule has 0 amide bonds. The number of nitrogens with zero attached hydrogens (tertiary/aromatic N) is 1. The zero-order valence-electron chi connectivity index (χ0n) is 32.5. The van der Waals surface area contributed by atoms with Crippen LogP contribution >= 0.6 is 0 Å². The zero-order chi connectivity index (χ0) is 33.2. The van der Waals surface area contributed by atoms with E-state index in [1.165, 1.54) is 218 Å². The molecule has 1 aromatic rings. The summed E-state index contributed by atoms with van der Waals surface area (Å²) in [6.45, 7) is 5.94. The molecule has 0 radical (unpaired) electrons. The Labute approximate surface area is 292 Å². The zero-order valence-corrected chi connectivity index (χ0v) is 32.5. The number of quaternary nitrogens is 1. The van der Waals surface area contributed by atoms with E-state index in [-0.39, 0.29) is 0 Å². The van der Waals surface area contributed by atoms with Gasteiger partial charge in [-0.2, -0.15) is 0 Å². The monoisotopic (exact) mass is 641 g/mol. The molecule has 0 aliphatic carbocycles. The van der Waals surface area contributed by atoms with Crippen molar-refractivity contribution in [2.75, 3.05) is 20.6 Å². The maximum Gasteiger partial charge on any atom is 0.114 e. The molecule has 0 aliphatic heterocycles. The molecule has 1 aromatic carbocycles. The van der Waals surface area contributed by atoms with Gasteiger partial charge in [0.1, 0.15) is 6.04 Å². The van der Waals surface area contributed by atoms with Crippen LogP contribution in [0.3, 0.4) is 0 Å². The minimum atomic E-state index is 0.643. The van der Waals surface area contributed by atoms with Gasteiger partial charge in [-0.05, 0) is 19.3 Å². The summed E-state index contributed by atoms with van der Waals surface area (Å²) in [4.78, 5) is 0. The third-order valence-corrected chi connectivity index (χ3v) is 10.9. The quantitative estimate of drug-likeness (QED) is 0.0506. The molecule has 46 heavy (non-hydrogen) atoms. The topological polar surface area (TPSA) is 0 Å². The maximum atomic E-state index is 2.51. The Bertz CT molecular complexity index is 709. The van der Waals surface area contributed by atoms with Crippen LogP contribution in [-0.4, -0.2) is 25.1 Å². The van der Waals surface area contributed by atoms with E-state index in [0.717, 1.165) is 4.48 Å². The van der Waals surface area contributed by atoms with E-state index in [2.05, 4.69) is 58.3 Å². The van der Waals surface area contributed by atoms with Crippen molar-refractivity contribution >= 4 is 0 Å². The van der Waals surface area contributed by atoms with E-state index in [0.29, 0.717) is 6.04 Å². The summed E-state index contributed by atoms with van der Waals surface area (Å²) in [7, 11) is 5.02. The minimum Gasteiger partial charge on any atom is -0.322 e. The number of unbranched alkanes of at least 4 members (excludes halogenated alkanes) is 30. The third-order valence-electron chi connectivity index (χ3n) is 10.9. The van der Waals surface area contributed by atoms with Crippen LogP contribution in [0.25, 0.3) is 0 Å². The first-order valence-electron chi connectivity index (χ1n) is 21.5. The molecule has 0 fully saturated rings. The van der Waals surface area contributed by atoms with Gasteiger partial charge in [-0.25, -0.2) is 0 Å². The fraction of sp³-hybridized carbons (Fsp3) is 0.867. The number of rotatable bonds is 36. The van der Waals surface area contributed by atoms with Gasteiger partial charge < -0.3 is 4.48 Å². The van der Waals surface area contributed by atoms with Crippen molar-refractivity contribution in [1.82, 2.24) is 0 Å². The van der Waals surface area contributed by atoms with Gasteiger partial charge >= 0.3 is 0 Å². The lowest BCUT2D eigenvalue weighted by atomic mass is 9.96. The van der Waals surface area contributed by atoms with Crippen molar-refractivity contribution < 1.29 is 4.48 Å². The maximum absolute atomic E-state index is 2.51. The summed E-state index contributed by atoms with van der Waals surface area (Å²) in [5.74, 6) is 0. The first-order chi connectivity index (χ1) is 22.6. The fourth-order valence-corrected chi connectivity index (χ4v) is 7.70. The molecule has 1 atom stereocenters. The SMILES string of the molecule is CCCCCCCCCCCCCCCCCCC(c1ccccc1)[N+](C)(C)CCCCCCCCCCCCCCCCCC. The Hall–Kier alpha value is -0.820. The molecule has 0 spiro atoms.